The Morgan fingerprint density at radius 2 is 1.48 bits per heavy atom. The number of carbonyl (C=O) groups excluding carboxylic acids is 2. The van der Waals surface area contributed by atoms with Crippen molar-refractivity contribution >= 4 is 37.2 Å². The molecule has 1 aliphatic carbocycles. The van der Waals surface area contributed by atoms with Crippen molar-refractivity contribution in [1.82, 2.24) is 4.78 Å². The van der Waals surface area contributed by atoms with Gasteiger partial charge in [-0.15, -0.1) is 5.73 Å². The van der Waals surface area contributed by atoms with Gasteiger partial charge in [-0.2, -0.15) is 5.10 Å². The molecule has 2 aromatic carbocycles. The predicted molar refractivity (Wildman–Crippen MR) is 116 cm³/mol. The quantitative estimate of drug-likeness (QED) is 0.193. The van der Waals surface area contributed by atoms with Crippen LogP contribution in [-0.2, 0) is 11.8 Å². The van der Waals surface area contributed by atoms with Crippen molar-refractivity contribution in [2.75, 3.05) is 7.05 Å². The van der Waals surface area contributed by atoms with Gasteiger partial charge < -0.3 is 9.05 Å². The Kier molecular flexibility index (Phi) is 6.57. The molecule has 0 aromatic heterocycles. The summed E-state index contributed by atoms with van der Waals surface area (Å²) in [5.74, 6) is 0.899. The van der Waals surface area contributed by atoms with E-state index in [0.29, 0.717) is 22.6 Å². The van der Waals surface area contributed by atoms with E-state index in [0.717, 1.165) is 18.1 Å². The first kappa shape index (κ1) is 20.5. The van der Waals surface area contributed by atoms with E-state index >= 15 is 0 Å². The second-order valence-corrected chi connectivity index (χ2v) is 9.15. The van der Waals surface area contributed by atoms with Crippen LogP contribution in [0.3, 0.4) is 0 Å². The van der Waals surface area contributed by atoms with Crippen molar-refractivity contribution in [3.05, 3.63) is 89.2 Å². The molecule has 29 heavy (non-hydrogen) atoms. The van der Waals surface area contributed by atoms with Gasteiger partial charge in [0.1, 0.15) is 24.1 Å². The number of nitrogens with zero attached hydrogens (tertiary/aromatic N) is 2. The van der Waals surface area contributed by atoms with Gasteiger partial charge in [0.15, 0.2) is 0 Å². The minimum Gasteiger partial charge on any atom is -0.420 e. The normalized spacial score (nSPS) is 12.7. The molecule has 0 aliphatic heterocycles. The first-order valence-electron chi connectivity index (χ1n) is 8.54. The number of aldehydes is 2. The zero-order chi connectivity index (χ0) is 20.7. The van der Waals surface area contributed by atoms with Crippen LogP contribution in [0.2, 0.25) is 0 Å². The van der Waals surface area contributed by atoms with Gasteiger partial charge in [-0.05, 0) is 60.7 Å². The molecule has 0 spiro atoms. The molecule has 1 aliphatic rings. The van der Waals surface area contributed by atoms with E-state index in [-0.39, 0.29) is 0 Å². The lowest BCUT2D eigenvalue weighted by Crippen LogP contribution is -2.17. The van der Waals surface area contributed by atoms with Crippen LogP contribution in [0.5, 0.6) is 11.5 Å². The highest BCUT2D eigenvalue weighted by atomic mass is 32.5. The third kappa shape index (κ3) is 5.39. The van der Waals surface area contributed by atoms with E-state index in [1.165, 1.54) is 4.78 Å². The third-order valence-electron chi connectivity index (χ3n) is 3.81. The Balaban J connectivity index is 1.88. The van der Waals surface area contributed by atoms with Gasteiger partial charge >= 0.3 is 6.64 Å². The molecule has 0 fully saturated rings. The molecule has 146 valence electrons. The lowest BCUT2D eigenvalue weighted by Gasteiger charge is -2.29. The van der Waals surface area contributed by atoms with Gasteiger partial charge in [-0.1, -0.05) is 6.08 Å². The summed E-state index contributed by atoms with van der Waals surface area (Å²) in [6.45, 7) is -3.14. The molecule has 2 aromatic rings. The zero-order valence-electron chi connectivity index (χ0n) is 15.5. The number of rotatable bonds is 9. The number of hydrogen-bond acceptors (Lipinski definition) is 6. The van der Waals surface area contributed by atoms with Gasteiger partial charge in [0.2, 0.25) is 0 Å². The monoisotopic (exact) mass is 424 g/mol. The molecule has 0 saturated carbocycles. The van der Waals surface area contributed by atoms with Crippen LogP contribution in [-0.4, -0.2) is 30.6 Å². The van der Waals surface area contributed by atoms with E-state index in [2.05, 4.69) is 10.8 Å². The summed E-state index contributed by atoms with van der Waals surface area (Å²) >= 11 is 5.74. The van der Waals surface area contributed by atoms with Crippen molar-refractivity contribution in [3.8, 4) is 11.5 Å². The Morgan fingerprint density at radius 1 is 0.966 bits per heavy atom. The molecule has 6 nitrogen and oxygen atoms in total. The molecule has 0 amide bonds. The maximum atomic E-state index is 10.9. The highest BCUT2D eigenvalue weighted by Crippen LogP contribution is 2.51. The molecule has 0 atom stereocenters. The summed E-state index contributed by atoms with van der Waals surface area (Å²) in [6.07, 6.45) is 8.61. The first-order chi connectivity index (χ1) is 14.0. The Labute approximate surface area is 173 Å². The molecule has 0 heterocycles. The van der Waals surface area contributed by atoms with Crippen molar-refractivity contribution in [2.45, 2.75) is 0 Å². The van der Waals surface area contributed by atoms with E-state index in [1.807, 2.05) is 12.2 Å². The standard InChI is InChI=1S/C21H17N2O4PS/c1-23(22-14-17-4-2-3-5-17)28(29,26-20-10-6-18(15-24)7-11-20)27-21-12-8-19(16-25)9-13-21/h2-4,6-16H,1H3/b22-14+. The lowest BCUT2D eigenvalue weighted by molar-refractivity contribution is 0.111. The van der Waals surface area contributed by atoms with Gasteiger partial charge in [-0.25, -0.2) is 4.78 Å². The maximum absolute atomic E-state index is 10.9. The first-order valence-corrected chi connectivity index (χ1v) is 11.1. The van der Waals surface area contributed by atoms with Crippen LogP contribution in [0, 0.1) is 0 Å². The molecule has 3 rings (SSSR count). The van der Waals surface area contributed by atoms with Crippen LogP contribution in [0.15, 0.2) is 83.2 Å². The molecule has 0 saturated heterocycles. The average molecular weight is 424 g/mol. The number of carbonyl (C=O) groups is 2. The van der Waals surface area contributed by atoms with Crippen LogP contribution in [0.4, 0.5) is 0 Å². The largest absolute Gasteiger partial charge is 0.420 e. The van der Waals surface area contributed by atoms with Gasteiger partial charge in [-0.3, -0.25) is 9.59 Å². The smallest absolute Gasteiger partial charge is 0.410 e. The van der Waals surface area contributed by atoms with Crippen LogP contribution < -0.4 is 9.05 Å². The molecule has 0 radical (unpaired) electrons. The lowest BCUT2D eigenvalue weighted by atomic mass is 10.2. The summed E-state index contributed by atoms with van der Waals surface area (Å²) < 4.78 is 13.5. The minimum atomic E-state index is -3.14. The molecule has 8 heteroatoms. The summed E-state index contributed by atoms with van der Waals surface area (Å²) in [5.41, 5.74) is 4.86. The zero-order valence-corrected chi connectivity index (χ0v) is 17.2. The van der Waals surface area contributed by atoms with Gasteiger partial charge in [0.25, 0.3) is 0 Å². The number of benzene rings is 2. The Hall–Kier alpha value is -3.24. The third-order valence-corrected chi connectivity index (χ3v) is 6.67. The fraction of sp³-hybridized carbons (Fsp3) is 0.0476. The average Bonchev–Trinajstić information content (AvgIpc) is 3.26. The molecular formula is C21H17N2O4PS. The van der Waals surface area contributed by atoms with E-state index in [4.69, 9.17) is 20.9 Å². The summed E-state index contributed by atoms with van der Waals surface area (Å²) in [6, 6.07) is 13.1. The predicted octanol–water partition coefficient (Wildman–Crippen LogP) is 4.56. The van der Waals surface area contributed by atoms with Gasteiger partial charge in [0.05, 0.1) is 6.21 Å². The van der Waals surface area contributed by atoms with E-state index in [1.54, 1.807) is 67.9 Å². The molecule has 0 N–H and O–H groups in total. The van der Waals surface area contributed by atoms with Crippen molar-refractivity contribution in [3.63, 3.8) is 0 Å². The van der Waals surface area contributed by atoms with E-state index < -0.39 is 6.64 Å². The Bertz CT molecular complexity index is 1010. The second-order valence-electron chi connectivity index (χ2n) is 5.88. The molecular weight excluding hydrogens is 407 g/mol. The second kappa shape index (κ2) is 9.30. The topological polar surface area (TPSA) is 68.2 Å². The van der Waals surface area contributed by atoms with Crippen molar-refractivity contribution < 1.29 is 18.6 Å². The SMILES string of the molecule is CN(/N=C/C1=C=CC=C1)P(=S)(Oc1ccc(C=O)cc1)Oc1ccc(C=O)cc1. The fourth-order valence-electron chi connectivity index (χ4n) is 2.25. The molecule has 0 unspecified atom stereocenters. The fourth-order valence-corrected chi connectivity index (χ4v) is 4.12. The number of hydrazone groups is 1. The van der Waals surface area contributed by atoms with Crippen molar-refractivity contribution in [2.24, 2.45) is 5.10 Å². The van der Waals surface area contributed by atoms with Gasteiger partial charge in [0, 0.05) is 35.6 Å². The number of hydrogen-bond donors (Lipinski definition) is 0. The maximum Gasteiger partial charge on any atom is 0.410 e. The summed E-state index contributed by atoms with van der Waals surface area (Å²) in [4.78, 5) is 21.7. The summed E-state index contributed by atoms with van der Waals surface area (Å²) in [7, 11) is 1.67. The summed E-state index contributed by atoms with van der Waals surface area (Å²) in [5, 5.41) is 4.36. The van der Waals surface area contributed by atoms with Crippen LogP contribution in [0.25, 0.3) is 0 Å². The minimum absolute atomic E-state index is 0.449. The highest BCUT2D eigenvalue weighted by molar-refractivity contribution is 8.09. The van der Waals surface area contributed by atoms with Crippen molar-refractivity contribution in [1.29, 1.82) is 0 Å². The van der Waals surface area contributed by atoms with Crippen LogP contribution >= 0.6 is 6.64 Å². The van der Waals surface area contributed by atoms with E-state index in [9.17, 15) is 9.59 Å². The molecule has 0 bridgehead atoms. The van der Waals surface area contributed by atoms with Crippen LogP contribution in [0.1, 0.15) is 20.7 Å². The highest BCUT2D eigenvalue weighted by Gasteiger charge is 2.28. The number of allylic oxidation sites excluding steroid dienone is 3. The Morgan fingerprint density at radius 3 is 1.90 bits per heavy atom.